The first kappa shape index (κ1) is 25.0. The average Bonchev–Trinajstić information content (AvgIpc) is 3.52. The summed E-state index contributed by atoms with van der Waals surface area (Å²) < 4.78 is 0. The normalized spacial score (nSPS) is 15.2. The number of nitrogens with zero attached hydrogens (tertiary/aromatic N) is 5. The third-order valence-electron chi connectivity index (χ3n) is 6.31. The SMILES string of the molecule is Cc1ccc(N(C(=O)Cn2nnc(-c3cccs3)n2)[C@H](CC(C)C)C(=O)NC2CCCCC2)cc1. The molecule has 3 aromatic rings. The van der Waals surface area contributed by atoms with Gasteiger partial charge < -0.3 is 5.32 Å². The molecule has 0 saturated heterocycles. The summed E-state index contributed by atoms with van der Waals surface area (Å²) in [5.41, 5.74) is 1.79. The molecule has 0 aliphatic heterocycles. The maximum atomic E-state index is 13.7. The highest BCUT2D eigenvalue weighted by atomic mass is 32.1. The van der Waals surface area contributed by atoms with E-state index in [4.69, 9.17) is 0 Å². The van der Waals surface area contributed by atoms with Crippen LogP contribution in [0.2, 0.25) is 0 Å². The minimum Gasteiger partial charge on any atom is -0.352 e. The van der Waals surface area contributed by atoms with Crippen LogP contribution in [-0.4, -0.2) is 44.1 Å². The highest BCUT2D eigenvalue weighted by Crippen LogP contribution is 2.25. The molecule has 9 heteroatoms. The molecule has 2 amide bonds. The van der Waals surface area contributed by atoms with Crippen LogP contribution >= 0.6 is 11.3 Å². The number of tetrazole rings is 1. The van der Waals surface area contributed by atoms with Gasteiger partial charge in [0.2, 0.25) is 11.7 Å². The van der Waals surface area contributed by atoms with Gasteiger partial charge in [0.25, 0.3) is 5.91 Å². The maximum absolute atomic E-state index is 13.7. The topological polar surface area (TPSA) is 93.0 Å². The van der Waals surface area contributed by atoms with E-state index in [0.717, 1.165) is 36.1 Å². The number of amides is 2. The van der Waals surface area contributed by atoms with Gasteiger partial charge in [-0.05, 0) is 60.9 Å². The molecule has 0 unspecified atom stereocenters. The molecule has 2 aromatic heterocycles. The van der Waals surface area contributed by atoms with E-state index in [1.54, 1.807) is 4.90 Å². The highest BCUT2D eigenvalue weighted by molar-refractivity contribution is 7.13. The highest BCUT2D eigenvalue weighted by Gasteiger charge is 2.33. The summed E-state index contributed by atoms with van der Waals surface area (Å²) in [6, 6.07) is 11.1. The van der Waals surface area contributed by atoms with Crippen molar-refractivity contribution >= 4 is 28.8 Å². The molecule has 1 aromatic carbocycles. The molecule has 35 heavy (non-hydrogen) atoms. The van der Waals surface area contributed by atoms with Gasteiger partial charge in [-0.1, -0.05) is 56.9 Å². The fraction of sp³-hybridized carbons (Fsp3) is 0.500. The van der Waals surface area contributed by atoms with Gasteiger partial charge in [-0.2, -0.15) is 4.80 Å². The number of carbonyl (C=O) groups excluding carboxylic acids is 2. The van der Waals surface area contributed by atoms with Gasteiger partial charge in [0, 0.05) is 11.7 Å². The second-order valence-electron chi connectivity index (χ2n) is 9.71. The molecule has 1 fully saturated rings. The van der Waals surface area contributed by atoms with Crippen LogP contribution in [0.4, 0.5) is 5.69 Å². The lowest BCUT2D eigenvalue weighted by Gasteiger charge is -2.34. The zero-order valence-corrected chi connectivity index (χ0v) is 21.5. The molecule has 1 N–H and O–H groups in total. The lowest BCUT2D eigenvalue weighted by molar-refractivity contribution is -0.127. The smallest absolute Gasteiger partial charge is 0.251 e. The summed E-state index contributed by atoms with van der Waals surface area (Å²) in [6.45, 7) is 6.05. The zero-order valence-electron chi connectivity index (χ0n) is 20.7. The van der Waals surface area contributed by atoms with Crippen molar-refractivity contribution in [1.82, 2.24) is 25.5 Å². The predicted molar refractivity (Wildman–Crippen MR) is 138 cm³/mol. The Bertz CT molecular complexity index is 1100. The molecule has 186 valence electrons. The van der Waals surface area contributed by atoms with Gasteiger partial charge in [0.15, 0.2) is 0 Å². The van der Waals surface area contributed by atoms with E-state index in [-0.39, 0.29) is 30.3 Å². The quantitative estimate of drug-likeness (QED) is 0.469. The molecule has 1 aliphatic carbocycles. The number of aryl methyl sites for hydroxylation is 1. The Kier molecular flexibility index (Phi) is 8.28. The Morgan fingerprint density at radius 2 is 1.89 bits per heavy atom. The van der Waals surface area contributed by atoms with Crippen molar-refractivity contribution in [2.24, 2.45) is 5.92 Å². The predicted octanol–water partition coefficient (Wildman–Crippen LogP) is 4.61. The monoisotopic (exact) mass is 494 g/mol. The standard InChI is InChI=1S/C26H34N6O2S/c1-18(2)16-22(26(34)27-20-8-5-4-6-9-20)32(21-13-11-19(3)12-14-21)24(33)17-31-29-25(28-30-31)23-10-7-15-35-23/h7,10-15,18,20,22H,4-6,8-9,16-17H2,1-3H3,(H,27,34)/t22-/m1/s1. The minimum atomic E-state index is -0.618. The molecule has 4 rings (SSSR count). The van der Waals surface area contributed by atoms with Crippen molar-refractivity contribution in [2.75, 3.05) is 4.90 Å². The number of benzene rings is 1. The second-order valence-corrected chi connectivity index (χ2v) is 10.7. The van der Waals surface area contributed by atoms with E-state index < -0.39 is 6.04 Å². The Hall–Kier alpha value is -3.07. The molecule has 0 spiro atoms. The first-order valence-corrected chi connectivity index (χ1v) is 13.3. The fourth-order valence-corrected chi connectivity index (χ4v) is 5.18. The van der Waals surface area contributed by atoms with Crippen molar-refractivity contribution in [3.63, 3.8) is 0 Å². The summed E-state index contributed by atoms with van der Waals surface area (Å²) in [4.78, 5) is 31.2. The number of anilines is 1. The second kappa shape index (κ2) is 11.6. The summed E-state index contributed by atoms with van der Waals surface area (Å²) in [6.07, 6.45) is 6.02. The van der Waals surface area contributed by atoms with E-state index in [2.05, 4.69) is 34.6 Å². The van der Waals surface area contributed by atoms with Crippen LogP contribution in [0.5, 0.6) is 0 Å². The Balaban J connectivity index is 1.60. The van der Waals surface area contributed by atoms with Gasteiger partial charge >= 0.3 is 0 Å². The number of thiophene rings is 1. The van der Waals surface area contributed by atoms with Crippen LogP contribution in [0.3, 0.4) is 0 Å². The summed E-state index contributed by atoms with van der Waals surface area (Å²) in [7, 11) is 0. The van der Waals surface area contributed by atoms with Crippen LogP contribution in [0.15, 0.2) is 41.8 Å². The van der Waals surface area contributed by atoms with E-state index in [1.807, 2.05) is 48.7 Å². The van der Waals surface area contributed by atoms with Crippen molar-refractivity contribution in [1.29, 1.82) is 0 Å². The lowest BCUT2D eigenvalue weighted by Crippen LogP contribution is -2.53. The van der Waals surface area contributed by atoms with E-state index in [9.17, 15) is 9.59 Å². The summed E-state index contributed by atoms with van der Waals surface area (Å²) >= 11 is 1.52. The lowest BCUT2D eigenvalue weighted by atomic mass is 9.94. The van der Waals surface area contributed by atoms with Gasteiger partial charge in [-0.25, -0.2) is 0 Å². The van der Waals surface area contributed by atoms with Crippen LogP contribution in [0, 0.1) is 12.8 Å². The van der Waals surface area contributed by atoms with Gasteiger partial charge in [-0.3, -0.25) is 14.5 Å². The molecule has 8 nitrogen and oxygen atoms in total. The number of aromatic nitrogens is 4. The molecular formula is C26H34N6O2S. The first-order chi connectivity index (χ1) is 16.9. The number of carbonyl (C=O) groups is 2. The molecule has 0 radical (unpaired) electrons. The van der Waals surface area contributed by atoms with Crippen LogP contribution in [0.1, 0.15) is 57.9 Å². The molecule has 2 heterocycles. The van der Waals surface area contributed by atoms with Gasteiger partial charge in [0.05, 0.1) is 4.88 Å². The molecule has 1 atom stereocenters. The van der Waals surface area contributed by atoms with Crippen molar-refractivity contribution in [3.05, 3.63) is 47.3 Å². The Labute approximate surface area is 210 Å². The Morgan fingerprint density at radius 3 is 2.54 bits per heavy atom. The van der Waals surface area contributed by atoms with Crippen molar-refractivity contribution in [3.8, 4) is 10.7 Å². The maximum Gasteiger partial charge on any atom is 0.251 e. The zero-order chi connectivity index (χ0) is 24.8. The third kappa shape index (κ3) is 6.54. The summed E-state index contributed by atoms with van der Waals surface area (Å²) in [5, 5.41) is 17.8. The van der Waals surface area contributed by atoms with E-state index in [1.165, 1.54) is 22.6 Å². The first-order valence-electron chi connectivity index (χ1n) is 12.4. The van der Waals surface area contributed by atoms with E-state index >= 15 is 0 Å². The largest absolute Gasteiger partial charge is 0.352 e. The van der Waals surface area contributed by atoms with Crippen LogP contribution in [-0.2, 0) is 16.1 Å². The summed E-state index contributed by atoms with van der Waals surface area (Å²) in [5.74, 6) is 0.384. The Morgan fingerprint density at radius 1 is 1.14 bits per heavy atom. The average molecular weight is 495 g/mol. The number of nitrogens with one attached hydrogen (secondary N) is 1. The van der Waals surface area contributed by atoms with Crippen LogP contribution in [0.25, 0.3) is 10.7 Å². The molecule has 1 saturated carbocycles. The molecular weight excluding hydrogens is 460 g/mol. The number of rotatable bonds is 9. The van der Waals surface area contributed by atoms with Gasteiger partial charge in [-0.15, -0.1) is 21.5 Å². The fourth-order valence-electron chi connectivity index (χ4n) is 4.54. The number of hydrogen-bond acceptors (Lipinski definition) is 6. The molecule has 1 aliphatic rings. The van der Waals surface area contributed by atoms with Crippen molar-refractivity contribution in [2.45, 2.75) is 77.9 Å². The van der Waals surface area contributed by atoms with Crippen molar-refractivity contribution < 1.29 is 9.59 Å². The molecule has 0 bridgehead atoms. The number of hydrogen-bond donors (Lipinski definition) is 1. The minimum absolute atomic E-state index is 0.0923. The third-order valence-corrected chi connectivity index (χ3v) is 7.18. The van der Waals surface area contributed by atoms with Gasteiger partial charge in [0.1, 0.15) is 12.6 Å². The van der Waals surface area contributed by atoms with Crippen LogP contribution < -0.4 is 10.2 Å². The van der Waals surface area contributed by atoms with E-state index in [0.29, 0.717) is 17.9 Å².